The molecule has 0 aromatic heterocycles. The lowest BCUT2D eigenvalue weighted by Crippen LogP contribution is -2.28. The summed E-state index contributed by atoms with van der Waals surface area (Å²) in [6.07, 6.45) is 1.87. The van der Waals surface area contributed by atoms with E-state index in [4.69, 9.17) is 0 Å². The molecular formula is C19H16F2N2O2S. The zero-order valence-corrected chi connectivity index (χ0v) is 14.6. The van der Waals surface area contributed by atoms with Crippen LogP contribution in [-0.2, 0) is 9.59 Å². The first-order chi connectivity index (χ1) is 12.5. The van der Waals surface area contributed by atoms with Gasteiger partial charge in [0.15, 0.2) is 0 Å². The molecule has 2 aromatic carbocycles. The van der Waals surface area contributed by atoms with E-state index in [1.165, 1.54) is 22.7 Å². The van der Waals surface area contributed by atoms with E-state index >= 15 is 0 Å². The molecule has 4 nitrogen and oxygen atoms in total. The molecule has 2 aliphatic rings. The van der Waals surface area contributed by atoms with Crippen molar-refractivity contribution in [1.82, 2.24) is 0 Å². The first-order valence-electron chi connectivity index (χ1n) is 8.32. The van der Waals surface area contributed by atoms with Crippen molar-refractivity contribution < 1.29 is 18.4 Å². The van der Waals surface area contributed by atoms with Crippen molar-refractivity contribution in [3.63, 3.8) is 0 Å². The van der Waals surface area contributed by atoms with Gasteiger partial charge >= 0.3 is 0 Å². The third-order valence-electron chi connectivity index (χ3n) is 4.45. The van der Waals surface area contributed by atoms with Crippen LogP contribution in [0.1, 0.15) is 23.8 Å². The number of anilines is 2. The third kappa shape index (κ3) is 3.31. The molecule has 1 saturated heterocycles. The summed E-state index contributed by atoms with van der Waals surface area (Å²) in [5.74, 6) is -1.30. The minimum absolute atomic E-state index is 0.0261. The topological polar surface area (TPSA) is 49.4 Å². The van der Waals surface area contributed by atoms with E-state index in [1.807, 2.05) is 12.1 Å². The fourth-order valence-electron chi connectivity index (χ4n) is 2.93. The van der Waals surface area contributed by atoms with Crippen LogP contribution in [0.4, 0.5) is 20.2 Å². The quantitative estimate of drug-likeness (QED) is 0.877. The number of carbonyl (C=O) groups is 2. The molecule has 2 amide bonds. The Bertz CT molecular complexity index is 868. The molecule has 1 saturated carbocycles. The summed E-state index contributed by atoms with van der Waals surface area (Å²) in [5, 5.41) is 2.47. The molecule has 1 N–H and O–H groups in total. The molecule has 0 bridgehead atoms. The molecule has 26 heavy (non-hydrogen) atoms. The van der Waals surface area contributed by atoms with E-state index in [-0.39, 0.29) is 29.2 Å². The van der Waals surface area contributed by atoms with Gasteiger partial charge in [0, 0.05) is 17.7 Å². The van der Waals surface area contributed by atoms with Gasteiger partial charge in [-0.3, -0.25) is 14.5 Å². The molecule has 2 aromatic rings. The van der Waals surface area contributed by atoms with E-state index in [0.29, 0.717) is 5.69 Å². The number of halogens is 2. The summed E-state index contributed by atoms with van der Waals surface area (Å²) in [6.45, 7) is 0. The summed E-state index contributed by atoms with van der Waals surface area (Å²) in [6, 6.07) is 10.4. The molecule has 7 heteroatoms. The normalized spacial score (nSPS) is 19.7. The number of rotatable bonds is 4. The predicted octanol–water partition coefficient (Wildman–Crippen LogP) is 4.09. The fraction of sp³-hybridized carbons (Fsp3) is 0.263. The van der Waals surface area contributed by atoms with Crippen molar-refractivity contribution in [3.05, 3.63) is 59.7 Å². The van der Waals surface area contributed by atoms with Crippen molar-refractivity contribution in [2.75, 3.05) is 16.0 Å². The van der Waals surface area contributed by atoms with Gasteiger partial charge in [0.05, 0.1) is 11.4 Å². The molecule has 1 heterocycles. The average Bonchev–Trinajstić information content (AvgIpc) is 3.40. The Kier molecular flexibility index (Phi) is 4.40. The van der Waals surface area contributed by atoms with Crippen LogP contribution in [0, 0.1) is 17.6 Å². The highest BCUT2D eigenvalue weighted by atomic mass is 32.2. The number of hydrogen-bond donors (Lipinski definition) is 1. The Morgan fingerprint density at radius 3 is 2.50 bits per heavy atom. The molecule has 1 aliphatic heterocycles. The van der Waals surface area contributed by atoms with Gasteiger partial charge in [0.25, 0.3) is 0 Å². The summed E-state index contributed by atoms with van der Waals surface area (Å²) in [4.78, 5) is 25.5. The molecule has 1 aliphatic carbocycles. The molecule has 2 fully saturated rings. The van der Waals surface area contributed by atoms with Gasteiger partial charge in [-0.2, -0.15) is 0 Å². The van der Waals surface area contributed by atoms with E-state index < -0.39 is 17.0 Å². The molecule has 0 unspecified atom stereocenters. The van der Waals surface area contributed by atoms with E-state index in [2.05, 4.69) is 5.32 Å². The maximum Gasteiger partial charge on any atom is 0.238 e. The zero-order chi connectivity index (χ0) is 18.3. The summed E-state index contributed by atoms with van der Waals surface area (Å²) in [7, 11) is 0. The second-order valence-electron chi connectivity index (χ2n) is 6.41. The van der Waals surface area contributed by atoms with E-state index in [9.17, 15) is 18.4 Å². The van der Waals surface area contributed by atoms with Crippen LogP contribution in [0.25, 0.3) is 0 Å². The van der Waals surface area contributed by atoms with Gasteiger partial charge in [-0.15, -0.1) is 11.8 Å². The van der Waals surface area contributed by atoms with Gasteiger partial charge in [-0.05, 0) is 42.7 Å². The standard InChI is InChI=1S/C19H16F2N2O2S/c20-13-5-8-16(15(21)9-13)23-17(24)10-26-19(23)12-3-6-14(7-4-12)22-18(25)11-1-2-11/h3-9,11,19H,1-2,10H2,(H,22,25)/t19-/m1/s1. The lowest BCUT2D eigenvalue weighted by molar-refractivity contribution is -0.117. The Morgan fingerprint density at radius 2 is 1.85 bits per heavy atom. The van der Waals surface area contributed by atoms with Crippen molar-refractivity contribution >= 4 is 35.0 Å². The number of amides is 2. The first-order valence-corrected chi connectivity index (χ1v) is 9.37. The van der Waals surface area contributed by atoms with Gasteiger partial charge < -0.3 is 5.32 Å². The number of nitrogens with one attached hydrogen (secondary N) is 1. The van der Waals surface area contributed by atoms with Crippen LogP contribution < -0.4 is 10.2 Å². The predicted molar refractivity (Wildman–Crippen MR) is 96.8 cm³/mol. The third-order valence-corrected chi connectivity index (χ3v) is 5.66. The highest BCUT2D eigenvalue weighted by Gasteiger charge is 2.35. The Labute approximate surface area is 153 Å². The minimum atomic E-state index is -0.765. The highest BCUT2D eigenvalue weighted by Crippen LogP contribution is 2.42. The lowest BCUT2D eigenvalue weighted by Gasteiger charge is -2.25. The van der Waals surface area contributed by atoms with Gasteiger partial charge in [0.1, 0.15) is 17.0 Å². The largest absolute Gasteiger partial charge is 0.326 e. The molecule has 0 radical (unpaired) electrons. The molecule has 0 spiro atoms. The Morgan fingerprint density at radius 1 is 1.12 bits per heavy atom. The van der Waals surface area contributed by atoms with Crippen molar-refractivity contribution in [3.8, 4) is 0 Å². The highest BCUT2D eigenvalue weighted by molar-refractivity contribution is 8.00. The Balaban J connectivity index is 1.57. The monoisotopic (exact) mass is 374 g/mol. The number of thioether (sulfide) groups is 1. The van der Waals surface area contributed by atoms with Crippen LogP contribution >= 0.6 is 11.8 Å². The summed E-state index contributed by atoms with van der Waals surface area (Å²) >= 11 is 1.38. The minimum Gasteiger partial charge on any atom is -0.326 e. The second-order valence-corrected chi connectivity index (χ2v) is 7.48. The molecule has 1 atom stereocenters. The molecule has 4 rings (SSSR count). The number of benzene rings is 2. The van der Waals surface area contributed by atoms with Crippen LogP contribution in [0.5, 0.6) is 0 Å². The van der Waals surface area contributed by atoms with E-state index in [0.717, 1.165) is 30.5 Å². The molecule has 134 valence electrons. The smallest absolute Gasteiger partial charge is 0.238 e. The van der Waals surface area contributed by atoms with Crippen LogP contribution in [0.15, 0.2) is 42.5 Å². The van der Waals surface area contributed by atoms with Crippen molar-refractivity contribution in [1.29, 1.82) is 0 Å². The first kappa shape index (κ1) is 17.0. The maximum absolute atomic E-state index is 14.2. The SMILES string of the molecule is O=C(Nc1ccc([C@H]2SCC(=O)N2c2ccc(F)cc2F)cc1)C1CC1. The summed E-state index contributed by atoms with van der Waals surface area (Å²) in [5.41, 5.74) is 1.57. The van der Waals surface area contributed by atoms with E-state index in [1.54, 1.807) is 12.1 Å². The lowest BCUT2D eigenvalue weighted by atomic mass is 10.1. The van der Waals surface area contributed by atoms with Crippen LogP contribution in [-0.4, -0.2) is 17.6 Å². The number of carbonyl (C=O) groups excluding carboxylic acids is 2. The Hall–Kier alpha value is -2.41. The van der Waals surface area contributed by atoms with Crippen molar-refractivity contribution in [2.24, 2.45) is 5.92 Å². The average molecular weight is 374 g/mol. The van der Waals surface area contributed by atoms with Crippen molar-refractivity contribution in [2.45, 2.75) is 18.2 Å². The molecular weight excluding hydrogens is 358 g/mol. The number of nitrogens with zero attached hydrogens (tertiary/aromatic N) is 1. The number of hydrogen-bond acceptors (Lipinski definition) is 3. The second kappa shape index (κ2) is 6.72. The van der Waals surface area contributed by atoms with Gasteiger partial charge in [-0.25, -0.2) is 8.78 Å². The van der Waals surface area contributed by atoms with Crippen LogP contribution in [0.2, 0.25) is 0 Å². The fourth-order valence-corrected chi connectivity index (χ4v) is 4.10. The maximum atomic E-state index is 14.2. The summed E-state index contributed by atoms with van der Waals surface area (Å²) < 4.78 is 27.3. The zero-order valence-electron chi connectivity index (χ0n) is 13.7. The van der Waals surface area contributed by atoms with Gasteiger partial charge in [0.2, 0.25) is 11.8 Å². The van der Waals surface area contributed by atoms with Crippen LogP contribution in [0.3, 0.4) is 0 Å². The van der Waals surface area contributed by atoms with Gasteiger partial charge in [-0.1, -0.05) is 12.1 Å².